The van der Waals surface area contributed by atoms with E-state index in [4.69, 9.17) is 5.26 Å². The molecule has 0 saturated carbocycles. The van der Waals surface area contributed by atoms with Crippen LogP contribution < -0.4 is 11.2 Å². The standard InChI is InChI=1S/C8H9N3O2/c1-6-5-10-8(13)11(7(6)12)4-2-3-9/h5H,2,4H2,1H3,(H,10,13). The SMILES string of the molecule is Cc1c[nH]c(=O)n(CCC#N)c1=O. The van der Waals surface area contributed by atoms with Crippen molar-refractivity contribution in [3.63, 3.8) is 0 Å². The molecule has 1 rings (SSSR count). The molecule has 0 spiro atoms. The van der Waals surface area contributed by atoms with Crippen LogP contribution in [0.2, 0.25) is 0 Å². The lowest BCUT2D eigenvalue weighted by atomic mass is 10.3. The van der Waals surface area contributed by atoms with Crippen molar-refractivity contribution in [2.24, 2.45) is 0 Å². The lowest BCUT2D eigenvalue weighted by Crippen LogP contribution is -2.35. The molecule has 5 nitrogen and oxygen atoms in total. The highest BCUT2D eigenvalue weighted by atomic mass is 16.2. The Labute approximate surface area is 74.3 Å². The van der Waals surface area contributed by atoms with Crippen molar-refractivity contribution in [3.05, 3.63) is 32.6 Å². The average molecular weight is 179 g/mol. The van der Waals surface area contributed by atoms with Crippen LogP contribution >= 0.6 is 0 Å². The van der Waals surface area contributed by atoms with Crippen LogP contribution in [0.1, 0.15) is 12.0 Å². The summed E-state index contributed by atoms with van der Waals surface area (Å²) in [6.07, 6.45) is 1.53. The third kappa shape index (κ3) is 1.85. The van der Waals surface area contributed by atoms with E-state index in [-0.39, 0.29) is 18.5 Å². The summed E-state index contributed by atoms with van der Waals surface area (Å²) in [5.41, 5.74) is -0.331. The molecule has 0 amide bonds. The van der Waals surface area contributed by atoms with Gasteiger partial charge in [0.15, 0.2) is 0 Å². The number of nitrogens with zero attached hydrogens (tertiary/aromatic N) is 2. The van der Waals surface area contributed by atoms with Gasteiger partial charge in [-0.05, 0) is 6.92 Å². The van der Waals surface area contributed by atoms with Crippen LogP contribution in [-0.4, -0.2) is 9.55 Å². The Morgan fingerprint density at radius 1 is 1.62 bits per heavy atom. The van der Waals surface area contributed by atoms with Crippen LogP contribution in [0.3, 0.4) is 0 Å². The smallest absolute Gasteiger partial charge is 0.314 e. The zero-order chi connectivity index (χ0) is 9.84. The number of aromatic nitrogens is 2. The first-order chi connectivity index (χ1) is 6.16. The minimum Gasteiger partial charge on any atom is -0.314 e. The molecule has 13 heavy (non-hydrogen) atoms. The highest BCUT2D eigenvalue weighted by Crippen LogP contribution is 1.83. The van der Waals surface area contributed by atoms with Gasteiger partial charge in [-0.2, -0.15) is 5.26 Å². The lowest BCUT2D eigenvalue weighted by molar-refractivity contribution is 0.635. The van der Waals surface area contributed by atoms with Crippen LogP contribution in [0.25, 0.3) is 0 Å². The topological polar surface area (TPSA) is 78.7 Å². The lowest BCUT2D eigenvalue weighted by Gasteiger charge is -2.00. The molecule has 0 fully saturated rings. The summed E-state index contributed by atoms with van der Waals surface area (Å²) in [5, 5.41) is 8.30. The van der Waals surface area contributed by atoms with Crippen molar-refractivity contribution in [2.45, 2.75) is 19.9 Å². The molecule has 0 aliphatic heterocycles. The Balaban J connectivity index is 3.20. The molecule has 1 aromatic rings. The van der Waals surface area contributed by atoms with Gasteiger partial charge in [0.2, 0.25) is 0 Å². The second-order valence-electron chi connectivity index (χ2n) is 2.64. The molecule has 1 aromatic heterocycles. The predicted molar refractivity (Wildman–Crippen MR) is 46.3 cm³/mol. The maximum absolute atomic E-state index is 11.3. The van der Waals surface area contributed by atoms with E-state index in [0.717, 1.165) is 4.57 Å². The molecule has 0 radical (unpaired) electrons. The van der Waals surface area contributed by atoms with Crippen molar-refractivity contribution in [1.29, 1.82) is 5.26 Å². The van der Waals surface area contributed by atoms with Gasteiger partial charge in [-0.15, -0.1) is 0 Å². The quantitative estimate of drug-likeness (QED) is 0.680. The van der Waals surface area contributed by atoms with Crippen LogP contribution in [0, 0.1) is 18.3 Å². The minimum absolute atomic E-state index is 0.145. The van der Waals surface area contributed by atoms with E-state index in [1.807, 2.05) is 6.07 Å². The van der Waals surface area contributed by atoms with Crippen LogP contribution in [0.15, 0.2) is 15.8 Å². The molecule has 1 heterocycles. The van der Waals surface area contributed by atoms with Gasteiger partial charge in [0.05, 0.1) is 12.5 Å². The van der Waals surface area contributed by atoms with Gasteiger partial charge in [-0.1, -0.05) is 0 Å². The summed E-state index contributed by atoms with van der Waals surface area (Å²) in [6.45, 7) is 1.76. The van der Waals surface area contributed by atoms with Crippen LogP contribution in [0.4, 0.5) is 0 Å². The summed E-state index contributed by atoms with van der Waals surface area (Å²) in [4.78, 5) is 24.8. The largest absolute Gasteiger partial charge is 0.328 e. The van der Waals surface area contributed by atoms with Gasteiger partial charge in [0, 0.05) is 18.3 Å². The number of nitrogens with one attached hydrogen (secondary N) is 1. The van der Waals surface area contributed by atoms with Crippen molar-refractivity contribution in [1.82, 2.24) is 9.55 Å². The monoisotopic (exact) mass is 179 g/mol. The molecule has 1 N–H and O–H groups in total. The van der Waals surface area contributed by atoms with Crippen molar-refractivity contribution in [2.75, 3.05) is 0 Å². The van der Waals surface area contributed by atoms with Crippen LogP contribution in [-0.2, 0) is 6.54 Å². The second-order valence-corrected chi connectivity index (χ2v) is 2.64. The second kappa shape index (κ2) is 3.72. The summed E-state index contributed by atoms with van der Waals surface area (Å²) in [7, 11) is 0. The van der Waals surface area contributed by atoms with E-state index in [1.54, 1.807) is 6.92 Å². The predicted octanol–water partition coefficient (Wildman–Crippen LogP) is -0.241. The molecule has 68 valence electrons. The molecule has 0 aromatic carbocycles. The molecule has 0 aliphatic rings. The maximum Gasteiger partial charge on any atom is 0.328 e. The summed E-state index contributed by atoms with van der Waals surface area (Å²) < 4.78 is 1.03. The molecule has 0 saturated heterocycles. The fourth-order valence-electron chi connectivity index (χ4n) is 0.980. The fourth-order valence-corrected chi connectivity index (χ4v) is 0.980. The summed E-state index contributed by atoms with van der Waals surface area (Å²) >= 11 is 0. The van der Waals surface area contributed by atoms with Crippen molar-refractivity contribution in [3.8, 4) is 6.07 Å². The normalized spacial score (nSPS) is 9.54. The molecule has 0 bridgehead atoms. The Morgan fingerprint density at radius 3 is 2.92 bits per heavy atom. The van der Waals surface area contributed by atoms with Crippen molar-refractivity contribution < 1.29 is 0 Å². The van der Waals surface area contributed by atoms with E-state index < -0.39 is 5.69 Å². The zero-order valence-electron chi connectivity index (χ0n) is 7.20. The van der Waals surface area contributed by atoms with Gasteiger partial charge >= 0.3 is 5.69 Å². The van der Waals surface area contributed by atoms with E-state index in [9.17, 15) is 9.59 Å². The van der Waals surface area contributed by atoms with Gasteiger partial charge in [0.1, 0.15) is 0 Å². The highest BCUT2D eigenvalue weighted by molar-refractivity contribution is 5.00. The molecule has 0 atom stereocenters. The minimum atomic E-state index is -0.467. The number of hydrogen-bond donors (Lipinski definition) is 1. The van der Waals surface area contributed by atoms with Crippen LogP contribution in [0.5, 0.6) is 0 Å². The van der Waals surface area contributed by atoms with E-state index >= 15 is 0 Å². The molecule has 0 unspecified atom stereocenters. The summed E-state index contributed by atoms with van der Waals surface area (Å²) in [6, 6.07) is 1.88. The zero-order valence-corrected chi connectivity index (χ0v) is 7.20. The van der Waals surface area contributed by atoms with Gasteiger partial charge in [0.25, 0.3) is 5.56 Å². The van der Waals surface area contributed by atoms with E-state index in [0.29, 0.717) is 5.56 Å². The average Bonchev–Trinajstić information content (AvgIpc) is 2.12. The van der Waals surface area contributed by atoms with Crippen molar-refractivity contribution >= 4 is 0 Å². The molecular weight excluding hydrogens is 170 g/mol. The number of rotatable bonds is 2. The number of aryl methyl sites for hydroxylation is 1. The number of H-pyrrole nitrogens is 1. The molecule has 0 aliphatic carbocycles. The Bertz CT molecular complexity index is 450. The fraction of sp³-hybridized carbons (Fsp3) is 0.375. The highest BCUT2D eigenvalue weighted by Gasteiger charge is 2.02. The summed E-state index contributed by atoms with van der Waals surface area (Å²) in [5.74, 6) is 0. The molecule has 5 heteroatoms. The third-order valence-corrected chi connectivity index (χ3v) is 1.69. The Morgan fingerprint density at radius 2 is 2.31 bits per heavy atom. The van der Waals surface area contributed by atoms with Gasteiger partial charge in [-0.25, -0.2) is 4.79 Å². The first-order valence-corrected chi connectivity index (χ1v) is 3.83. The molecular formula is C8H9N3O2. The maximum atomic E-state index is 11.3. The Kier molecular flexibility index (Phi) is 2.65. The third-order valence-electron chi connectivity index (χ3n) is 1.69. The van der Waals surface area contributed by atoms with E-state index in [1.165, 1.54) is 6.20 Å². The van der Waals surface area contributed by atoms with Gasteiger partial charge in [-0.3, -0.25) is 9.36 Å². The van der Waals surface area contributed by atoms with Gasteiger partial charge < -0.3 is 4.98 Å². The number of aromatic amines is 1. The first kappa shape index (κ1) is 9.26. The van der Waals surface area contributed by atoms with E-state index in [2.05, 4.69) is 4.98 Å². The number of hydrogen-bond acceptors (Lipinski definition) is 3. The number of nitriles is 1. The first-order valence-electron chi connectivity index (χ1n) is 3.83. The Hall–Kier alpha value is -1.83.